The van der Waals surface area contributed by atoms with E-state index < -0.39 is 0 Å². The highest BCUT2D eigenvalue weighted by molar-refractivity contribution is 5.85. The van der Waals surface area contributed by atoms with Crippen LogP contribution in [0.3, 0.4) is 0 Å². The van der Waals surface area contributed by atoms with Gasteiger partial charge in [0.1, 0.15) is 5.82 Å². The Morgan fingerprint density at radius 3 is 2.82 bits per heavy atom. The number of halogens is 1. The summed E-state index contributed by atoms with van der Waals surface area (Å²) in [5.74, 6) is 2.71. The van der Waals surface area contributed by atoms with Crippen molar-refractivity contribution in [3.8, 4) is 0 Å². The number of nitrogens with zero attached hydrogens (tertiary/aromatic N) is 2. The fourth-order valence-electron chi connectivity index (χ4n) is 3.57. The first kappa shape index (κ1) is 17.5. The number of nitrogens with one attached hydrogen (secondary N) is 2. The number of hydrogen-bond donors (Lipinski definition) is 2. The van der Waals surface area contributed by atoms with Crippen LogP contribution in [0.1, 0.15) is 25.0 Å². The van der Waals surface area contributed by atoms with Crippen LogP contribution in [0.25, 0.3) is 0 Å². The van der Waals surface area contributed by atoms with Gasteiger partial charge >= 0.3 is 0 Å². The van der Waals surface area contributed by atoms with Crippen molar-refractivity contribution in [2.24, 2.45) is 11.8 Å². The van der Waals surface area contributed by atoms with Gasteiger partial charge in [0.25, 0.3) is 0 Å². The molecule has 2 N–H and O–H groups in total. The lowest BCUT2D eigenvalue weighted by atomic mass is 9.98. The third-order valence-corrected chi connectivity index (χ3v) is 4.81. The van der Waals surface area contributed by atoms with Crippen molar-refractivity contribution in [3.63, 3.8) is 0 Å². The summed E-state index contributed by atoms with van der Waals surface area (Å²) in [6, 6.07) is 6.18. The Balaban J connectivity index is 0.00000176. The Hall–Kier alpha value is -0.840. The summed E-state index contributed by atoms with van der Waals surface area (Å²) in [5, 5.41) is 6.96. The first-order chi connectivity index (χ1) is 10.3. The molecule has 0 amide bonds. The zero-order chi connectivity index (χ0) is 14.5. The molecule has 3 heterocycles. The molecule has 124 valence electrons. The number of aromatic nitrogens is 1. The SMILES string of the molecule is Cc1cccc(NCC2CCN(CC3CCNCC3)C2)n1.Cl. The van der Waals surface area contributed by atoms with Crippen molar-refractivity contribution in [3.05, 3.63) is 23.9 Å². The van der Waals surface area contributed by atoms with Crippen molar-refractivity contribution in [1.82, 2.24) is 15.2 Å². The van der Waals surface area contributed by atoms with Gasteiger partial charge in [-0.2, -0.15) is 0 Å². The summed E-state index contributed by atoms with van der Waals surface area (Å²) in [4.78, 5) is 7.19. The van der Waals surface area contributed by atoms with Gasteiger partial charge in [-0.1, -0.05) is 6.07 Å². The summed E-state index contributed by atoms with van der Waals surface area (Å²) in [6.07, 6.45) is 4.03. The summed E-state index contributed by atoms with van der Waals surface area (Å²) < 4.78 is 0. The smallest absolute Gasteiger partial charge is 0.126 e. The molecule has 2 aliphatic rings. The molecule has 0 spiro atoms. The highest BCUT2D eigenvalue weighted by Crippen LogP contribution is 2.21. The van der Waals surface area contributed by atoms with Crippen molar-refractivity contribution in [1.29, 1.82) is 0 Å². The number of aryl methyl sites for hydroxylation is 1. The summed E-state index contributed by atoms with van der Waals surface area (Å²) >= 11 is 0. The number of anilines is 1. The molecule has 1 aromatic heterocycles. The predicted octanol–water partition coefficient (Wildman–Crippen LogP) is 2.55. The molecule has 0 bridgehead atoms. The third kappa shape index (κ3) is 5.11. The van der Waals surface area contributed by atoms with E-state index in [1.54, 1.807) is 0 Å². The van der Waals surface area contributed by atoms with E-state index in [0.717, 1.165) is 29.9 Å². The van der Waals surface area contributed by atoms with Crippen LogP contribution in [0.5, 0.6) is 0 Å². The minimum Gasteiger partial charge on any atom is -0.370 e. The monoisotopic (exact) mass is 324 g/mol. The third-order valence-electron chi connectivity index (χ3n) is 4.81. The number of hydrogen-bond acceptors (Lipinski definition) is 4. The molecule has 0 aromatic carbocycles. The molecule has 1 unspecified atom stereocenters. The maximum Gasteiger partial charge on any atom is 0.126 e. The molecule has 4 nitrogen and oxygen atoms in total. The second-order valence-electron chi connectivity index (χ2n) is 6.65. The van der Waals surface area contributed by atoms with Gasteiger partial charge in [-0.15, -0.1) is 12.4 Å². The van der Waals surface area contributed by atoms with Crippen molar-refractivity contribution < 1.29 is 0 Å². The quantitative estimate of drug-likeness (QED) is 0.873. The van der Waals surface area contributed by atoms with Gasteiger partial charge in [-0.3, -0.25) is 0 Å². The molecular formula is C17H29ClN4. The zero-order valence-corrected chi connectivity index (χ0v) is 14.4. The van der Waals surface area contributed by atoms with Crippen molar-refractivity contribution >= 4 is 18.2 Å². The lowest BCUT2D eigenvalue weighted by Crippen LogP contribution is -2.35. The Morgan fingerprint density at radius 1 is 1.23 bits per heavy atom. The summed E-state index contributed by atoms with van der Waals surface area (Å²) in [7, 11) is 0. The molecule has 1 atom stereocenters. The van der Waals surface area contributed by atoms with Crippen LogP contribution in [0, 0.1) is 18.8 Å². The molecule has 22 heavy (non-hydrogen) atoms. The van der Waals surface area contributed by atoms with Gasteiger partial charge in [-0.05, 0) is 69.8 Å². The molecule has 0 radical (unpaired) electrons. The first-order valence-corrected chi connectivity index (χ1v) is 8.40. The molecule has 2 fully saturated rings. The fraction of sp³-hybridized carbons (Fsp3) is 0.706. The maximum atomic E-state index is 4.52. The van der Waals surface area contributed by atoms with E-state index in [-0.39, 0.29) is 12.4 Å². The van der Waals surface area contributed by atoms with Crippen molar-refractivity contribution in [2.45, 2.75) is 26.2 Å². The lowest BCUT2D eigenvalue weighted by molar-refractivity contribution is 0.235. The lowest BCUT2D eigenvalue weighted by Gasteiger charge is -2.27. The Kier molecular flexibility index (Phi) is 6.93. The number of pyridine rings is 1. The van der Waals surface area contributed by atoms with E-state index in [2.05, 4.69) is 32.7 Å². The second-order valence-corrected chi connectivity index (χ2v) is 6.65. The Bertz CT molecular complexity index is 448. The van der Waals surface area contributed by atoms with Crippen LogP contribution in [-0.2, 0) is 0 Å². The highest BCUT2D eigenvalue weighted by atomic mass is 35.5. The van der Waals surface area contributed by atoms with Crippen LogP contribution in [0.2, 0.25) is 0 Å². The zero-order valence-electron chi connectivity index (χ0n) is 13.6. The van der Waals surface area contributed by atoms with Crippen LogP contribution in [0.15, 0.2) is 18.2 Å². The molecule has 0 saturated carbocycles. The van der Waals surface area contributed by atoms with Crippen LogP contribution >= 0.6 is 12.4 Å². The van der Waals surface area contributed by atoms with Crippen molar-refractivity contribution in [2.75, 3.05) is 44.6 Å². The van der Waals surface area contributed by atoms with E-state index in [1.807, 2.05) is 13.0 Å². The van der Waals surface area contributed by atoms with E-state index in [9.17, 15) is 0 Å². The molecule has 1 aromatic rings. The molecule has 0 aliphatic carbocycles. The largest absolute Gasteiger partial charge is 0.370 e. The van der Waals surface area contributed by atoms with E-state index in [4.69, 9.17) is 0 Å². The number of likely N-dealkylation sites (tertiary alicyclic amines) is 1. The van der Waals surface area contributed by atoms with Crippen LogP contribution < -0.4 is 10.6 Å². The van der Waals surface area contributed by atoms with Gasteiger partial charge in [0.15, 0.2) is 0 Å². The first-order valence-electron chi connectivity index (χ1n) is 8.40. The summed E-state index contributed by atoms with van der Waals surface area (Å²) in [5.41, 5.74) is 1.08. The fourth-order valence-corrected chi connectivity index (χ4v) is 3.57. The maximum absolute atomic E-state index is 4.52. The van der Waals surface area contributed by atoms with Gasteiger partial charge in [0.2, 0.25) is 0 Å². The molecule has 2 saturated heterocycles. The Labute approximate surface area is 140 Å². The van der Waals surface area contributed by atoms with E-state index in [0.29, 0.717) is 0 Å². The van der Waals surface area contributed by atoms with Crippen LogP contribution in [-0.4, -0.2) is 49.2 Å². The van der Waals surface area contributed by atoms with Gasteiger partial charge in [0.05, 0.1) is 0 Å². The standard InChI is InChI=1S/C17H28N4.ClH/c1-14-3-2-4-17(20-14)19-11-16-7-10-21(13-16)12-15-5-8-18-9-6-15;/h2-4,15-16,18H,5-13H2,1H3,(H,19,20);1H. The molecule has 3 rings (SSSR count). The van der Waals surface area contributed by atoms with Gasteiger partial charge in [0, 0.05) is 25.3 Å². The average molecular weight is 325 g/mol. The molecule has 5 heteroatoms. The van der Waals surface area contributed by atoms with E-state index in [1.165, 1.54) is 52.0 Å². The number of piperidine rings is 1. The topological polar surface area (TPSA) is 40.2 Å². The van der Waals surface area contributed by atoms with E-state index >= 15 is 0 Å². The minimum atomic E-state index is 0. The van der Waals surface area contributed by atoms with Crippen LogP contribution in [0.4, 0.5) is 5.82 Å². The van der Waals surface area contributed by atoms with Gasteiger partial charge in [-0.25, -0.2) is 4.98 Å². The minimum absolute atomic E-state index is 0. The molecule has 2 aliphatic heterocycles. The predicted molar refractivity (Wildman–Crippen MR) is 94.9 cm³/mol. The normalized spacial score (nSPS) is 23.2. The number of rotatable bonds is 5. The summed E-state index contributed by atoms with van der Waals surface area (Å²) in [6.45, 7) is 9.35. The Morgan fingerprint density at radius 2 is 2.05 bits per heavy atom. The average Bonchev–Trinajstić information content (AvgIpc) is 2.94. The second kappa shape index (κ2) is 8.70. The molecular weight excluding hydrogens is 296 g/mol. The highest BCUT2D eigenvalue weighted by Gasteiger charge is 2.25. The van der Waals surface area contributed by atoms with Gasteiger partial charge < -0.3 is 15.5 Å².